The molecule has 16 heavy (non-hydrogen) atoms. The van der Waals surface area contributed by atoms with Gasteiger partial charge in [0.25, 0.3) is 0 Å². The van der Waals surface area contributed by atoms with Crippen molar-refractivity contribution in [3.8, 4) is 0 Å². The molecule has 0 unspecified atom stereocenters. The average molecular weight is 283 g/mol. The minimum Gasteiger partial charge on any atom is -0.366 e. The van der Waals surface area contributed by atoms with Gasteiger partial charge in [0.1, 0.15) is 16.7 Å². The molecule has 2 rings (SSSR count). The summed E-state index contributed by atoms with van der Waals surface area (Å²) in [5, 5.41) is 3.08. The molecule has 0 fully saturated rings. The van der Waals surface area contributed by atoms with Gasteiger partial charge in [-0.2, -0.15) is 4.39 Å². The van der Waals surface area contributed by atoms with E-state index in [0.717, 1.165) is 5.56 Å². The molecule has 0 aliphatic carbocycles. The molecule has 0 saturated heterocycles. The Labute approximate surface area is 100 Å². The molecule has 2 aromatic rings. The number of rotatable bonds is 3. The van der Waals surface area contributed by atoms with Gasteiger partial charge < -0.3 is 5.32 Å². The Hall–Kier alpha value is -1.56. The van der Waals surface area contributed by atoms with Gasteiger partial charge in [-0.25, -0.2) is 15.0 Å². The summed E-state index contributed by atoms with van der Waals surface area (Å²) in [5.74, 6) is 0.222. The number of nitrogens with zero attached hydrogens (tertiary/aromatic N) is 3. The first-order valence-corrected chi connectivity index (χ1v) is 5.35. The Kier molecular flexibility index (Phi) is 3.40. The average Bonchev–Trinajstić information content (AvgIpc) is 2.28. The second kappa shape index (κ2) is 4.98. The Balaban J connectivity index is 1.99. The SMILES string of the molecule is Fc1ccc(CNc2cc(Br)ncn2)cn1. The van der Waals surface area contributed by atoms with E-state index in [1.807, 2.05) is 0 Å². The zero-order valence-corrected chi connectivity index (χ0v) is 9.78. The maximum absolute atomic E-state index is 12.5. The summed E-state index contributed by atoms with van der Waals surface area (Å²) < 4.78 is 13.3. The number of pyridine rings is 1. The van der Waals surface area contributed by atoms with E-state index in [1.165, 1.54) is 18.6 Å². The van der Waals surface area contributed by atoms with Gasteiger partial charge in [0, 0.05) is 18.8 Å². The molecule has 0 amide bonds. The second-order valence-corrected chi connectivity index (χ2v) is 3.88. The first kappa shape index (κ1) is 10.9. The van der Waals surface area contributed by atoms with Gasteiger partial charge in [-0.3, -0.25) is 0 Å². The van der Waals surface area contributed by atoms with Crippen molar-refractivity contribution in [1.82, 2.24) is 15.0 Å². The molecule has 6 heteroatoms. The molecule has 2 aromatic heterocycles. The zero-order valence-electron chi connectivity index (χ0n) is 8.19. The highest BCUT2D eigenvalue weighted by Crippen LogP contribution is 2.10. The standard InChI is InChI=1S/C10H8BrFN4/c11-8-3-10(16-6-15-8)14-5-7-1-2-9(12)13-4-7/h1-4,6H,5H2,(H,14,15,16). The van der Waals surface area contributed by atoms with Crippen molar-refractivity contribution >= 4 is 21.7 Å². The molecule has 0 spiro atoms. The van der Waals surface area contributed by atoms with Crippen molar-refractivity contribution in [2.75, 3.05) is 5.32 Å². The van der Waals surface area contributed by atoms with Crippen molar-refractivity contribution < 1.29 is 4.39 Å². The van der Waals surface area contributed by atoms with Gasteiger partial charge in [0.05, 0.1) is 0 Å². The van der Waals surface area contributed by atoms with Crippen LogP contribution in [-0.2, 0) is 6.54 Å². The molecule has 4 nitrogen and oxygen atoms in total. The summed E-state index contributed by atoms with van der Waals surface area (Å²) in [6.07, 6.45) is 2.94. The first-order chi connectivity index (χ1) is 7.74. The third kappa shape index (κ3) is 2.96. The van der Waals surface area contributed by atoms with Crippen molar-refractivity contribution in [2.45, 2.75) is 6.54 Å². The maximum atomic E-state index is 12.5. The number of hydrogen-bond acceptors (Lipinski definition) is 4. The van der Waals surface area contributed by atoms with Crippen LogP contribution in [0.2, 0.25) is 0 Å². The summed E-state index contributed by atoms with van der Waals surface area (Å²) in [6, 6.07) is 4.76. The molecule has 0 aromatic carbocycles. The monoisotopic (exact) mass is 282 g/mol. The lowest BCUT2D eigenvalue weighted by Gasteiger charge is -2.04. The van der Waals surface area contributed by atoms with E-state index >= 15 is 0 Å². The molecule has 1 N–H and O–H groups in total. The zero-order chi connectivity index (χ0) is 11.4. The van der Waals surface area contributed by atoms with Crippen LogP contribution < -0.4 is 5.32 Å². The minimum atomic E-state index is -0.478. The molecule has 82 valence electrons. The number of nitrogens with one attached hydrogen (secondary N) is 1. The summed E-state index contributed by atoms with van der Waals surface area (Å²) in [5.41, 5.74) is 0.885. The van der Waals surface area contributed by atoms with Crippen LogP contribution in [0.4, 0.5) is 10.2 Å². The van der Waals surface area contributed by atoms with Crippen molar-refractivity contribution in [3.05, 3.63) is 46.8 Å². The van der Waals surface area contributed by atoms with Gasteiger partial charge in [-0.1, -0.05) is 6.07 Å². The topological polar surface area (TPSA) is 50.7 Å². The highest BCUT2D eigenvalue weighted by molar-refractivity contribution is 9.10. The van der Waals surface area contributed by atoms with E-state index in [4.69, 9.17) is 0 Å². The fourth-order valence-electron chi connectivity index (χ4n) is 1.13. The molecule has 2 heterocycles. The third-order valence-corrected chi connectivity index (χ3v) is 2.33. The van der Waals surface area contributed by atoms with Crippen molar-refractivity contribution in [2.24, 2.45) is 0 Å². The van der Waals surface area contributed by atoms with Crippen LogP contribution in [0.15, 0.2) is 35.3 Å². The summed E-state index contributed by atoms with van der Waals surface area (Å²) in [7, 11) is 0. The van der Waals surface area contributed by atoms with Gasteiger partial charge in [-0.05, 0) is 27.6 Å². The van der Waals surface area contributed by atoms with Crippen LogP contribution in [0.1, 0.15) is 5.56 Å². The Morgan fingerprint density at radius 1 is 1.25 bits per heavy atom. The Bertz CT molecular complexity index is 475. The highest BCUT2D eigenvalue weighted by atomic mass is 79.9. The summed E-state index contributed by atoms with van der Waals surface area (Å²) >= 11 is 3.24. The summed E-state index contributed by atoms with van der Waals surface area (Å²) in [4.78, 5) is 11.5. The van der Waals surface area contributed by atoms with Crippen LogP contribution >= 0.6 is 15.9 Å². The van der Waals surface area contributed by atoms with E-state index in [1.54, 1.807) is 12.1 Å². The predicted molar refractivity (Wildman–Crippen MR) is 61.3 cm³/mol. The molecule has 0 radical (unpaired) electrons. The van der Waals surface area contributed by atoms with Crippen LogP contribution in [0, 0.1) is 5.95 Å². The Morgan fingerprint density at radius 2 is 2.12 bits per heavy atom. The lowest BCUT2D eigenvalue weighted by atomic mass is 10.3. The normalized spacial score (nSPS) is 10.1. The van der Waals surface area contributed by atoms with E-state index < -0.39 is 5.95 Å². The van der Waals surface area contributed by atoms with Gasteiger partial charge in [0.15, 0.2) is 0 Å². The van der Waals surface area contributed by atoms with Crippen LogP contribution in [0.25, 0.3) is 0 Å². The fraction of sp³-hybridized carbons (Fsp3) is 0.100. The van der Waals surface area contributed by atoms with Crippen molar-refractivity contribution in [1.29, 1.82) is 0 Å². The van der Waals surface area contributed by atoms with Gasteiger partial charge in [0.2, 0.25) is 5.95 Å². The molecule has 0 atom stereocenters. The molecular formula is C10H8BrFN4. The van der Waals surface area contributed by atoms with E-state index in [0.29, 0.717) is 17.0 Å². The quantitative estimate of drug-likeness (QED) is 0.694. The maximum Gasteiger partial charge on any atom is 0.212 e. The molecular weight excluding hydrogens is 275 g/mol. The number of hydrogen-bond donors (Lipinski definition) is 1. The number of anilines is 1. The summed E-state index contributed by atoms with van der Waals surface area (Å²) in [6.45, 7) is 0.538. The van der Waals surface area contributed by atoms with Crippen LogP contribution in [0.3, 0.4) is 0 Å². The Morgan fingerprint density at radius 3 is 2.81 bits per heavy atom. The minimum absolute atomic E-state index is 0.478. The molecule has 0 aliphatic heterocycles. The van der Waals surface area contributed by atoms with Crippen LogP contribution in [0.5, 0.6) is 0 Å². The van der Waals surface area contributed by atoms with Crippen LogP contribution in [-0.4, -0.2) is 15.0 Å². The smallest absolute Gasteiger partial charge is 0.212 e. The third-order valence-electron chi connectivity index (χ3n) is 1.90. The van der Waals surface area contributed by atoms with Gasteiger partial charge in [-0.15, -0.1) is 0 Å². The lowest BCUT2D eigenvalue weighted by molar-refractivity contribution is 0.582. The van der Waals surface area contributed by atoms with E-state index in [-0.39, 0.29) is 0 Å². The number of aromatic nitrogens is 3. The largest absolute Gasteiger partial charge is 0.366 e. The fourth-order valence-corrected chi connectivity index (χ4v) is 1.44. The molecule has 0 saturated carbocycles. The van der Waals surface area contributed by atoms with Crippen molar-refractivity contribution in [3.63, 3.8) is 0 Å². The predicted octanol–water partition coefficient (Wildman–Crippen LogP) is 2.39. The van der Waals surface area contributed by atoms with E-state index in [9.17, 15) is 4.39 Å². The highest BCUT2D eigenvalue weighted by Gasteiger charge is 1.97. The van der Waals surface area contributed by atoms with Gasteiger partial charge >= 0.3 is 0 Å². The first-order valence-electron chi connectivity index (χ1n) is 4.56. The van der Waals surface area contributed by atoms with E-state index in [2.05, 4.69) is 36.2 Å². The second-order valence-electron chi connectivity index (χ2n) is 3.07. The number of halogens is 2. The lowest BCUT2D eigenvalue weighted by Crippen LogP contribution is -2.02. The molecule has 0 bridgehead atoms. The molecule has 0 aliphatic rings.